The molecule has 0 aliphatic rings. The second-order valence-electron chi connectivity index (χ2n) is 7.29. The van der Waals surface area contributed by atoms with E-state index in [1.807, 2.05) is 30.3 Å². The summed E-state index contributed by atoms with van der Waals surface area (Å²) >= 11 is 16.4. The quantitative estimate of drug-likeness (QED) is 0.266. The van der Waals surface area contributed by atoms with Crippen LogP contribution in [0.2, 0.25) is 15.1 Å². The van der Waals surface area contributed by atoms with Gasteiger partial charge in [0.1, 0.15) is 5.69 Å². The van der Waals surface area contributed by atoms with Crippen molar-refractivity contribution in [2.24, 2.45) is 0 Å². The van der Waals surface area contributed by atoms with E-state index in [9.17, 15) is 13.6 Å². The second kappa shape index (κ2) is 11.5. The van der Waals surface area contributed by atoms with Gasteiger partial charge in [-0.15, -0.1) is 0 Å². The Morgan fingerprint density at radius 1 is 1.00 bits per heavy atom. The number of hydrogen-bond donors (Lipinski definition) is 1. The first-order valence-corrected chi connectivity index (χ1v) is 13.0. The summed E-state index contributed by atoms with van der Waals surface area (Å²) in [4.78, 5) is 13.1. The van der Waals surface area contributed by atoms with Gasteiger partial charge in [-0.3, -0.25) is 13.3 Å². The van der Waals surface area contributed by atoms with E-state index >= 15 is 0 Å². The van der Waals surface area contributed by atoms with Gasteiger partial charge in [0.05, 0.1) is 34.2 Å². The fourth-order valence-corrected chi connectivity index (χ4v) is 5.18. The molecule has 0 bridgehead atoms. The van der Waals surface area contributed by atoms with E-state index in [1.54, 1.807) is 18.2 Å². The molecule has 1 N–H and O–H groups in total. The predicted octanol–water partition coefficient (Wildman–Crippen LogP) is 5.95. The predicted molar refractivity (Wildman–Crippen MR) is 139 cm³/mol. The van der Waals surface area contributed by atoms with Crippen LogP contribution in [-0.4, -0.2) is 23.4 Å². The summed E-state index contributed by atoms with van der Waals surface area (Å²) in [6.07, 6.45) is 0.366. The molecule has 1 aromatic heterocycles. The molecule has 7 nitrogen and oxygen atoms in total. The Hall–Kier alpha value is -2.53. The first kappa shape index (κ1) is 25.6. The van der Waals surface area contributed by atoms with Crippen molar-refractivity contribution in [2.75, 3.05) is 4.31 Å². The molecule has 12 heteroatoms. The normalized spacial score (nSPS) is 11.8. The number of carbonyl (C=O) groups excluding carboxylic acids is 1. The Balaban J connectivity index is 1.66. The molecule has 4 rings (SSSR count). The Bertz CT molecular complexity index is 1390. The number of carbonyl (C=O) groups is 1. The summed E-state index contributed by atoms with van der Waals surface area (Å²) in [5.41, 5.74) is 2.17. The van der Waals surface area contributed by atoms with E-state index in [-0.39, 0.29) is 28.6 Å². The standard InChI is InChI=1S/C23H17Cl3N4O3S2/c24-16-8-9-21(18(11-16)23(31)27-13-15-6-7-17(25)12-19(15)26)30(35(32)33)22-20(28-34-29-22)10-14-4-2-1-3-5-14/h1-9,11-12H,10,13H2,(H,27,31)(H,32,33)/p-1. The summed E-state index contributed by atoms with van der Waals surface area (Å²) in [5.74, 6) is -0.430. The number of rotatable bonds is 8. The van der Waals surface area contributed by atoms with E-state index in [0.717, 1.165) is 21.6 Å². The Labute approximate surface area is 223 Å². The zero-order valence-electron chi connectivity index (χ0n) is 17.8. The molecule has 0 spiro atoms. The van der Waals surface area contributed by atoms with Crippen LogP contribution in [0, 0.1) is 0 Å². The van der Waals surface area contributed by atoms with Gasteiger partial charge in [0, 0.05) is 28.0 Å². The average molecular weight is 567 g/mol. The van der Waals surface area contributed by atoms with Crippen molar-refractivity contribution in [3.63, 3.8) is 0 Å². The lowest BCUT2D eigenvalue weighted by Crippen LogP contribution is -2.28. The molecular formula is C23H16Cl3N4O3S2-. The minimum Gasteiger partial charge on any atom is -0.755 e. The molecule has 0 radical (unpaired) electrons. The SMILES string of the molecule is O=C(NCc1ccc(Cl)cc1Cl)c1cc(Cl)ccc1N(c1nsnc1Cc1ccccc1)S(=O)[O-]. The zero-order chi connectivity index (χ0) is 24.9. The molecule has 0 saturated carbocycles. The van der Waals surface area contributed by atoms with Crippen LogP contribution >= 0.6 is 46.5 Å². The van der Waals surface area contributed by atoms with Gasteiger partial charge in [0.15, 0.2) is 5.82 Å². The molecule has 0 saturated heterocycles. The van der Waals surface area contributed by atoms with Crippen molar-refractivity contribution in [2.45, 2.75) is 13.0 Å². The summed E-state index contributed by atoms with van der Waals surface area (Å²) in [6, 6.07) is 18.7. The summed E-state index contributed by atoms with van der Waals surface area (Å²) in [5, 5.41) is 3.88. The highest BCUT2D eigenvalue weighted by atomic mass is 35.5. The smallest absolute Gasteiger partial charge is 0.253 e. The molecule has 1 unspecified atom stereocenters. The van der Waals surface area contributed by atoms with Crippen LogP contribution in [0.3, 0.4) is 0 Å². The molecule has 0 aliphatic carbocycles. The van der Waals surface area contributed by atoms with Gasteiger partial charge in [-0.05, 0) is 41.5 Å². The molecular weight excluding hydrogens is 551 g/mol. The van der Waals surface area contributed by atoms with Gasteiger partial charge in [0.25, 0.3) is 5.91 Å². The maximum atomic E-state index is 13.1. The molecule has 3 aromatic carbocycles. The van der Waals surface area contributed by atoms with Crippen LogP contribution in [0.25, 0.3) is 0 Å². The fourth-order valence-electron chi connectivity index (χ4n) is 3.32. The van der Waals surface area contributed by atoms with E-state index in [0.29, 0.717) is 27.7 Å². The molecule has 35 heavy (non-hydrogen) atoms. The summed E-state index contributed by atoms with van der Waals surface area (Å²) in [6.45, 7) is 0.0960. The highest BCUT2D eigenvalue weighted by Gasteiger charge is 2.24. The minimum absolute atomic E-state index is 0.0467. The van der Waals surface area contributed by atoms with Gasteiger partial charge in [-0.1, -0.05) is 71.2 Å². The van der Waals surface area contributed by atoms with E-state index in [4.69, 9.17) is 34.8 Å². The molecule has 1 amide bonds. The Morgan fingerprint density at radius 3 is 2.43 bits per heavy atom. The molecule has 1 atom stereocenters. The first-order chi connectivity index (χ1) is 16.8. The molecule has 0 aliphatic heterocycles. The third-order valence-electron chi connectivity index (χ3n) is 4.97. The highest BCUT2D eigenvalue weighted by Crippen LogP contribution is 2.34. The van der Waals surface area contributed by atoms with Crippen LogP contribution in [0.15, 0.2) is 66.7 Å². The molecule has 0 fully saturated rings. The Kier molecular flexibility index (Phi) is 8.38. The number of hydrogen-bond acceptors (Lipinski definition) is 6. The minimum atomic E-state index is -2.80. The first-order valence-electron chi connectivity index (χ1n) is 10.1. The third kappa shape index (κ3) is 6.19. The van der Waals surface area contributed by atoms with Crippen LogP contribution < -0.4 is 9.62 Å². The number of anilines is 2. The van der Waals surface area contributed by atoms with Crippen LogP contribution in [0.5, 0.6) is 0 Å². The maximum absolute atomic E-state index is 13.1. The number of nitrogens with zero attached hydrogens (tertiary/aromatic N) is 3. The average Bonchev–Trinajstić information content (AvgIpc) is 3.27. The van der Waals surface area contributed by atoms with Crippen molar-refractivity contribution < 1.29 is 13.6 Å². The lowest BCUT2D eigenvalue weighted by molar-refractivity contribution is 0.0951. The van der Waals surface area contributed by atoms with Crippen molar-refractivity contribution in [3.8, 4) is 0 Å². The summed E-state index contributed by atoms with van der Waals surface area (Å²) in [7, 11) is 0. The number of nitrogens with one attached hydrogen (secondary N) is 1. The highest BCUT2D eigenvalue weighted by molar-refractivity contribution is 7.81. The monoisotopic (exact) mass is 565 g/mol. The van der Waals surface area contributed by atoms with Gasteiger partial charge in [-0.25, -0.2) is 0 Å². The van der Waals surface area contributed by atoms with E-state index < -0.39 is 17.2 Å². The van der Waals surface area contributed by atoms with Crippen LogP contribution in [-0.2, 0) is 24.2 Å². The zero-order valence-corrected chi connectivity index (χ0v) is 21.7. The van der Waals surface area contributed by atoms with Crippen molar-refractivity contribution >= 4 is 75.2 Å². The van der Waals surface area contributed by atoms with Crippen molar-refractivity contribution in [1.82, 2.24) is 14.1 Å². The van der Waals surface area contributed by atoms with Gasteiger partial charge >= 0.3 is 0 Å². The van der Waals surface area contributed by atoms with E-state index in [2.05, 4.69) is 14.1 Å². The maximum Gasteiger partial charge on any atom is 0.253 e. The van der Waals surface area contributed by atoms with Crippen molar-refractivity contribution in [3.05, 3.63) is 104 Å². The number of benzene rings is 3. The topological polar surface area (TPSA) is 98.2 Å². The largest absolute Gasteiger partial charge is 0.755 e. The molecule has 4 aromatic rings. The molecule has 180 valence electrons. The number of halogens is 3. The van der Waals surface area contributed by atoms with Gasteiger partial charge in [0.2, 0.25) is 0 Å². The molecule has 1 heterocycles. The number of aromatic nitrogens is 2. The van der Waals surface area contributed by atoms with Crippen LogP contribution in [0.4, 0.5) is 11.5 Å². The van der Waals surface area contributed by atoms with Crippen molar-refractivity contribution in [1.29, 1.82) is 0 Å². The second-order valence-corrected chi connectivity index (χ2v) is 9.90. The van der Waals surface area contributed by atoms with Crippen LogP contribution in [0.1, 0.15) is 27.2 Å². The number of amides is 1. The third-order valence-corrected chi connectivity index (χ3v) is 7.02. The lowest BCUT2D eigenvalue weighted by atomic mass is 10.1. The van der Waals surface area contributed by atoms with Gasteiger partial charge in [-0.2, -0.15) is 8.75 Å². The fraction of sp³-hybridized carbons (Fsp3) is 0.0870. The summed E-state index contributed by atoms with van der Waals surface area (Å²) < 4.78 is 34.2. The van der Waals surface area contributed by atoms with Gasteiger partial charge < -0.3 is 9.87 Å². The Morgan fingerprint density at radius 2 is 1.71 bits per heavy atom. The van der Waals surface area contributed by atoms with E-state index in [1.165, 1.54) is 18.2 Å². The lowest BCUT2D eigenvalue weighted by Gasteiger charge is -2.27.